The van der Waals surface area contributed by atoms with Crippen molar-refractivity contribution in [2.45, 2.75) is 25.2 Å². The number of urea groups is 1. The van der Waals surface area contributed by atoms with E-state index < -0.39 is 35.5 Å². The highest BCUT2D eigenvalue weighted by molar-refractivity contribution is 6.32. The highest BCUT2D eigenvalue weighted by Crippen LogP contribution is 2.56. The third kappa shape index (κ3) is 3.92. The second-order valence-corrected chi connectivity index (χ2v) is 8.54. The van der Waals surface area contributed by atoms with E-state index in [2.05, 4.69) is 15.0 Å². The summed E-state index contributed by atoms with van der Waals surface area (Å²) < 4.78 is 41.4. The highest BCUT2D eigenvalue weighted by Gasteiger charge is 2.70. The van der Waals surface area contributed by atoms with Crippen molar-refractivity contribution in [3.05, 3.63) is 78.6 Å². The van der Waals surface area contributed by atoms with Crippen molar-refractivity contribution in [2.75, 3.05) is 15.1 Å². The minimum Gasteiger partial charge on any atom is -0.406 e. The Labute approximate surface area is 203 Å². The fraction of sp³-hybridized carbons (Fsp3) is 0.200. The molecule has 8 nitrogen and oxygen atoms in total. The van der Waals surface area contributed by atoms with Crippen LogP contribution in [0.4, 0.5) is 35.0 Å². The van der Waals surface area contributed by atoms with E-state index in [9.17, 15) is 27.6 Å². The van der Waals surface area contributed by atoms with Crippen molar-refractivity contribution in [1.82, 2.24) is 4.98 Å². The number of nitrogens with zero attached hydrogens (tertiary/aromatic N) is 3. The molecule has 2 aromatic carbocycles. The van der Waals surface area contributed by atoms with Crippen LogP contribution in [0, 0.1) is 5.92 Å². The number of anilines is 3. The number of aromatic nitrogens is 1. The number of rotatable bonds is 5. The molecule has 0 bridgehead atoms. The summed E-state index contributed by atoms with van der Waals surface area (Å²) in [6.45, 7) is 1.82. The number of benzene rings is 2. The molecule has 4 amide bonds. The van der Waals surface area contributed by atoms with Gasteiger partial charge in [0.05, 0.1) is 23.3 Å². The Morgan fingerprint density at radius 2 is 1.75 bits per heavy atom. The zero-order valence-corrected chi connectivity index (χ0v) is 18.8. The van der Waals surface area contributed by atoms with Crippen LogP contribution >= 0.6 is 0 Å². The Bertz CT molecular complexity index is 1350. The number of carbonyl (C=O) groups excluding carboxylic acids is 3. The van der Waals surface area contributed by atoms with E-state index in [1.54, 1.807) is 30.3 Å². The van der Waals surface area contributed by atoms with Gasteiger partial charge in [0.2, 0.25) is 0 Å². The summed E-state index contributed by atoms with van der Waals surface area (Å²) in [5.74, 6) is -1.58. The summed E-state index contributed by atoms with van der Waals surface area (Å²) in [5, 5.41) is 2.76. The first-order valence-electron chi connectivity index (χ1n) is 11.0. The summed E-state index contributed by atoms with van der Waals surface area (Å²) in [6.07, 6.45) is -1.65. The second kappa shape index (κ2) is 8.36. The predicted molar refractivity (Wildman–Crippen MR) is 124 cm³/mol. The minimum absolute atomic E-state index is 0.101. The third-order valence-corrected chi connectivity index (χ3v) is 6.28. The number of ether oxygens (including phenoxy) is 1. The average Bonchev–Trinajstić information content (AvgIpc) is 3.46. The summed E-state index contributed by atoms with van der Waals surface area (Å²) in [4.78, 5) is 46.2. The maximum absolute atomic E-state index is 13.6. The Morgan fingerprint density at radius 3 is 2.36 bits per heavy atom. The Hall–Kier alpha value is -4.41. The largest absolute Gasteiger partial charge is 0.573 e. The Morgan fingerprint density at radius 1 is 1.08 bits per heavy atom. The summed E-state index contributed by atoms with van der Waals surface area (Å²) >= 11 is 0. The van der Waals surface area contributed by atoms with Crippen molar-refractivity contribution in [3.63, 3.8) is 0 Å². The molecule has 1 saturated carbocycles. The van der Waals surface area contributed by atoms with Crippen LogP contribution in [-0.2, 0) is 4.79 Å². The first-order chi connectivity index (χ1) is 17.1. The van der Waals surface area contributed by atoms with E-state index in [-0.39, 0.29) is 23.0 Å². The lowest BCUT2D eigenvalue weighted by Gasteiger charge is -2.24. The molecule has 0 radical (unpaired) electrons. The third-order valence-electron chi connectivity index (χ3n) is 6.28. The Kier molecular flexibility index (Phi) is 5.42. The first kappa shape index (κ1) is 23.3. The van der Waals surface area contributed by atoms with Crippen molar-refractivity contribution < 1.29 is 32.3 Å². The lowest BCUT2D eigenvalue weighted by molar-refractivity contribution is -0.274. The zero-order chi connectivity index (χ0) is 25.7. The summed E-state index contributed by atoms with van der Waals surface area (Å²) in [7, 11) is 0. The van der Waals surface area contributed by atoms with Crippen molar-refractivity contribution in [1.29, 1.82) is 0 Å². The van der Waals surface area contributed by atoms with E-state index >= 15 is 0 Å². The van der Waals surface area contributed by atoms with Gasteiger partial charge in [0.25, 0.3) is 11.8 Å². The average molecular weight is 496 g/mol. The topological polar surface area (TPSA) is 91.8 Å². The van der Waals surface area contributed by atoms with Gasteiger partial charge in [-0.3, -0.25) is 19.5 Å². The zero-order valence-electron chi connectivity index (χ0n) is 18.8. The molecule has 1 spiro atoms. The van der Waals surface area contributed by atoms with E-state index in [4.69, 9.17) is 0 Å². The molecule has 1 aromatic heterocycles. The lowest BCUT2D eigenvalue weighted by Crippen LogP contribution is -2.39. The van der Waals surface area contributed by atoms with Crippen LogP contribution in [0.1, 0.15) is 23.7 Å². The molecule has 2 unspecified atom stereocenters. The van der Waals surface area contributed by atoms with Crippen LogP contribution in [0.15, 0.2) is 73.1 Å². The molecule has 2 atom stereocenters. The van der Waals surface area contributed by atoms with Gasteiger partial charge in [-0.1, -0.05) is 25.1 Å². The number of hydrogen-bond donors (Lipinski definition) is 1. The van der Waals surface area contributed by atoms with Crippen LogP contribution < -0.4 is 19.9 Å². The Balaban J connectivity index is 1.49. The van der Waals surface area contributed by atoms with Gasteiger partial charge < -0.3 is 10.1 Å². The molecule has 1 aliphatic carbocycles. The molecule has 1 aliphatic heterocycles. The van der Waals surface area contributed by atoms with Gasteiger partial charge in [0.15, 0.2) is 0 Å². The maximum atomic E-state index is 13.6. The van der Waals surface area contributed by atoms with E-state index in [0.29, 0.717) is 12.0 Å². The molecule has 5 rings (SSSR count). The number of halogens is 3. The SMILES string of the molecule is CC1CC12C(=O)N(c1ccc(OC(F)(F)F)cc1)C(=O)N2c1ccncc1NC(=O)c1ccccc1. The molecular weight excluding hydrogens is 477 g/mol. The molecule has 36 heavy (non-hydrogen) atoms. The normalized spacial score (nSPS) is 21.2. The first-order valence-corrected chi connectivity index (χ1v) is 11.0. The fourth-order valence-corrected chi connectivity index (χ4v) is 4.47. The molecule has 2 heterocycles. The van der Waals surface area contributed by atoms with Crippen molar-refractivity contribution in [2.24, 2.45) is 5.92 Å². The maximum Gasteiger partial charge on any atom is 0.573 e. The van der Waals surface area contributed by atoms with E-state index in [0.717, 1.165) is 17.0 Å². The van der Waals surface area contributed by atoms with Crippen LogP contribution in [0.5, 0.6) is 5.75 Å². The molecule has 1 saturated heterocycles. The van der Waals surface area contributed by atoms with Crippen molar-refractivity contribution in [3.8, 4) is 5.75 Å². The molecule has 2 aliphatic rings. The number of nitrogens with one attached hydrogen (secondary N) is 1. The minimum atomic E-state index is -4.87. The monoisotopic (exact) mass is 496 g/mol. The van der Waals surface area contributed by atoms with Gasteiger partial charge in [-0.15, -0.1) is 13.2 Å². The fourth-order valence-electron chi connectivity index (χ4n) is 4.47. The summed E-state index contributed by atoms with van der Waals surface area (Å²) in [6, 6.07) is 13.8. The number of carbonyl (C=O) groups is 3. The van der Waals surface area contributed by atoms with Gasteiger partial charge in [-0.05, 0) is 54.8 Å². The van der Waals surface area contributed by atoms with E-state index in [1.807, 2.05) is 6.92 Å². The molecule has 184 valence electrons. The van der Waals surface area contributed by atoms with Gasteiger partial charge in [0.1, 0.15) is 11.3 Å². The number of hydrogen-bond acceptors (Lipinski definition) is 5. The predicted octanol–water partition coefficient (Wildman–Crippen LogP) is 4.98. The van der Waals surface area contributed by atoms with Crippen LogP contribution in [-0.4, -0.2) is 34.7 Å². The molecule has 2 fully saturated rings. The number of amides is 4. The smallest absolute Gasteiger partial charge is 0.406 e. The summed E-state index contributed by atoms with van der Waals surface area (Å²) in [5.41, 5.74) is -0.151. The van der Waals surface area contributed by atoms with Gasteiger partial charge in [-0.2, -0.15) is 0 Å². The highest BCUT2D eigenvalue weighted by atomic mass is 19.4. The standard InChI is InChI=1S/C25H19F3N4O4/c1-15-13-24(15)22(34)31(17-7-9-18(10-8-17)36-25(26,27)28)23(35)32(24)20-11-12-29-14-19(20)30-21(33)16-5-3-2-4-6-16/h2-12,14-15H,13H2,1H3,(H,30,33). The van der Waals surface area contributed by atoms with Crippen LogP contribution in [0.25, 0.3) is 0 Å². The number of pyridine rings is 1. The van der Waals surface area contributed by atoms with Crippen LogP contribution in [0.2, 0.25) is 0 Å². The quantitative estimate of drug-likeness (QED) is 0.503. The van der Waals surface area contributed by atoms with E-state index in [1.165, 1.54) is 35.5 Å². The number of alkyl halides is 3. The lowest BCUT2D eigenvalue weighted by atomic mass is 10.1. The molecular formula is C25H19F3N4O4. The second-order valence-electron chi connectivity index (χ2n) is 8.54. The molecule has 3 aromatic rings. The number of imide groups is 1. The molecule has 11 heteroatoms. The molecule has 1 N–H and O–H groups in total. The van der Waals surface area contributed by atoms with Gasteiger partial charge in [0, 0.05) is 11.8 Å². The van der Waals surface area contributed by atoms with Crippen LogP contribution in [0.3, 0.4) is 0 Å². The van der Waals surface area contributed by atoms with Gasteiger partial charge in [-0.25, -0.2) is 9.69 Å². The van der Waals surface area contributed by atoms with Crippen molar-refractivity contribution >= 4 is 34.9 Å². The van der Waals surface area contributed by atoms with Gasteiger partial charge >= 0.3 is 12.4 Å².